The fourth-order valence-corrected chi connectivity index (χ4v) is 4.70. The summed E-state index contributed by atoms with van der Waals surface area (Å²) < 4.78 is 0. The van der Waals surface area contributed by atoms with E-state index < -0.39 is 11.9 Å². The summed E-state index contributed by atoms with van der Waals surface area (Å²) in [6, 6.07) is 13.3. The van der Waals surface area contributed by atoms with Crippen molar-refractivity contribution in [2.75, 3.05) is 0 Å². The van der Waals surface area contributed by atoms with Crippen molar-refractivity contribution >= 4 is 32.9 Å². The van der Waals surface area contributed by atoms with Crippen molar-refractivity contribution in [3.63, 3.8) is 0 Å². The van der Waals surface area contributed by atoms with E-state index in [9.17, 15) is 9.59 Å². The number of carboxylic acid groups (broad SMARTS) is 1. The second kappa shape index (κ2) is 12.8. The first-order valence-electron chi connectivity index (χ1n) is 10.2. The van der Waals surface area contributed by atoms with Crippen LogP contribution in [0.2, 0.25) is 0 Å². The van der Waals surface area contributed by atoms with Crippen LogP contribution < -0.4 is 0 Å². The number of rotatable bonds is 2. The molecule has 0 bridgehead atoms. The first-order valence-corrected chi connectivity index (χ1v) is 13.8. The Balaban J connectivity index is 0.000000286. The summed E-state index contributed by atoms with van der Waals surface area (Å²) in [5, 5.41) is 9.12. The van der Waals surface area contributed by atoms with Crippen molar-refractivity contribution in [3.05, 3.63) is 71.8 Å². The Hall–Kier alpha value is -1.13. The van der Waals surface area contributed by atoms with Crippen molar-refractivity contribution in [2.24, 2.45) is 5.92 Å². The van der Waals surface area contributed by atoms with E-state index in [1.165, 1.54) is 19.3 Å². The van der Waals surface area contributed by atoms with Gasteiger partial charge in [0.15, 0.2) is 5.78 Å². The van der Waals surface area contributed by atoms with Crippen LogP contribution in [-0.4, -0.2) is 22.9 Å². The topological polar surface area (TPSA) is 78.2 Å². The molecule has 2 aliphatic rings. The van der Waals surface area contributed by atoms with Gasteiger partial charge in [0.1, 0.15) is 0 Å². The Bertz CT molecular complexity index is 898. The summed E-state index contributed by atoms with van der Waals surface area (Å²) in [6.45, 7) is 5.55. The van der Waals surface area contributed by atoms with E-state index in [1.807, 2.05) is 42.5 Å². The molecule has 4 nitrogen and oxygen atoms in total. The molecule has 2 aromatic rings. The quantitative estimate of drug-likeness (QED) is 0.364. The molecular weight excluding hydrogens is 613 g/mol. The van der Waals surface area contributed by atoms with Gasteiger partial charge in [0.2, 0.25) is 0 Å². The molecule has 4 rings (SSSR count). The van der Waals surface area contributed by atoms with Gasteiger partial charge in [-0.3, -0.25) is 9.59 Å². The third-order valence-electron chi connectivity index (χ3n) is 5.62. The van der Waals surface area contributed by atoms with Crippen LogP contribution in [0.1, 0.15) is 60.0 Å². The average Bonchev–Trinajstić information content (AvgIpc) is 2.92. The zero-order valence-corrected chi connectivity index (χ0v) is 21.2. The standard InChI is InChI=1S/C17H14O3S.C7H13N.ClH.Pt/c1-10(17(19)20)11-6-7-15-12(8-11)9-14(18)13-4-2-3-5-16(13)21-15;1-6-4-2-3-5-7(6)8;;/h2-8,10H,9H2,1H3,(H,19,20);6-8H,1-5H2;1H;/q;-2;;+1/p-1. The number of hydrogen-bond donors (Lipinski definition) is 1. The van der Waals surface area contributed by atoms with Crippen LogP contribution in [0.15, 0.2) is 52.3 Å². The third kappa shape index (κ3) is 7.18. The van der Waals surface area contributed by atoms with Crippen LogP contribution in [0, 0.1) is 12.8 Å². The summed E-state index contributed by atoms with van der Waals surface area (Å²) in [5.41, 5.74) is 9.80. The fourth-order valence-electron chi connectivity index (χ4n) is 3.63. The van der Waals surface area contributed by atoms with Crippen molar-refractivity contribution in [1.82, 2.24) is 0 Å². The molecule has 171 valence electrons. The molecule has 1 aliphatic carbocycles. The Labute approximate surface area is 204 Å². The van der Waals surface area contributed by atoms with Crippen molar-refractivity contribution in [3.8, 4) is 0 Å². The number of ketones is 1. The summed E-state index contributed by atoms with van der Waals surface area (Å²) in [5.74, 6) is -0.924. The molecule has 1 fully saturated rings. The number of hydrogen-bond acceptors (Lipinski definition) is 3. The van der Waals surface area contributed by atoms with Gasteiger partial charge in [0.25, 0.3) is 0 Å². The van der Waals surface area contributed by atoms with Crippen LogP contribution in [0.25, 0.3) is 5.73 Å². The maximum absolute atomic E-state index is 12.4. The van der Waals surface area contributed by atoms with Crippen LogP contribution in [0.4, 0.5) is 0 Å². The first-order chi connectivity index (χ1) is 14.9. The number of Topliss-reactive ketones (excluding diaryl/α,β-unsaturated/α-hetero) is 1. The second-order valence-corrected chi connectivity index (χ2v) is 8.86. The second-order valence-electron chi connectivity index (χ2n) is 7.78. The van der Waals surface area contributed by atoms with Crippen LogP contribution in [0.3, 0.4) is 0 Å². The average molecular weight is 640 g/mol. The van der Waals surface area contributed by atoms with Gasteiger partial charge in [-0.2, -0.15) is 12.0 Å². The van der Waals surface area contributed by atoms with Crippen molar-refractivity contribution in [2.45, 2.75) is 60.8 Å². The normalized spacial score (nSPS) is 20.5. The van der Waals surface area contributed by atoms with E-state index in [2.05, 4.69) is 16.3 Å². The molecule has 0 radical (unpaired) electrons. The molecule has 31 heavy (non-hydrogen) atoms. The van der Waals surface area contributed by atoms with Crippen molar-refractivity contribution < 1.29 is 33.5 Å². The van der Waals surface area contributed by atoms with Crippen LogP contribution >= 0.6 is 21.2 Å². The van der Waals surface area contributed by atoms with Gasteiger partial charge in [-0.15, -0.1) is 0 Å². The molecule has 0 amide bonds. The molecule has 3 unspecified atom stereocenters. The molecule has 0 saturated heterocycles. The number of carbonyl (C=O) groups excluding carboxylic acids is 1. The van der Waals surface area contributed by atoms with Crippen molar-refractivity contribution in [1.29, 1.82) is 0 Å². The number of benzene rings is 2. The van der Waals surface area contributed by atoms with E-state index in [0.29, 0.717) is 12.3 Å². The molecule has 0 aromatic heterocycles. The first kappa shape index (κ1) is 26.1. The van der Waals surface area contributed by atoms with Crippen LogP contribution in [0.5, 0.6) is 0 Å². The van der Waals surface area contributed by atoms with Gasteiger partial charge >= 0.3 is 34.2 Å². The minimum atomic E-state index is -0.856. The summed E-state index contributed by atoms with van der Waals surface area (Å²) >= 11 is 3.18. The number of halogens is 1. The monoisotopic (exact) mass is 639 g/mol. The predicted molar refractivity (Wildman–Crippen MR) is 122 cm³/mol. The number of nitrogens with one attached hydrogen (secondary N) is 1. The van der Waals surface area contributed by atoms with Crippen LogP contribution in [-0.2, 0) is 30.0 Å². The van der Waals surface area contributed by atoms with E-state index in [0.717, 1.165) is 32.9 Å². The maximum atomic E-state index is 12.4. The molecule has 1 saturated carbocycles. The van der Waals surface area contributed by atoms with Gasteiger partial charge < -0.3 is 17.8 Å². The molecule has 1 aliphatic heterocycles. The Morgan fingerprint density at radius 3 is 2.48 bits per heavy atom. The summed E-state index contributed by atoms with van der Waals surface area (Å²) in [4.78, 5) is 25.4. The predicted octanol–water partition coefficient (Wildman–Crippen LogP) is 6.88. The number of carboxylic acids is 1. The number of fused-ring (bicyclic) bond motifs is 2. The van der Waals surface area contributed by atoms with Gasteiger partial charge in [0.05, 0.1) is 5.92 Å². The Morgan fingerprint density at radius 2 is 1.87 bits per heavy atom. The molecule has 0 spiro atoms. The van der Waals surface area contributed by atoms with E-state index >= 15 is 0 Å². The van der Waals surface area contributed by atoms with E-state index in [4.69, 9.17) is 10.8 Å². The fraction of sp³-hybridized carbons (Fsp3) is 0.375. The summed E-state index contributed by atoms with van der Waals surface area (Å²) in [7, 11) is 4.61. The Kier molecular flexibility index (Phi) is 10.8. The third-order valence-corrected chi connectivity index (χ3v) is 6.82. The molecule has 7 heteroatoms. The molecule has 2 N–H and O–H groups in total. The molecular formula is C24H27ClNO3PtS-2. The molecule has 3 atom stereocenters. The Morgan fingerprint density at radius 1 is 1.19 bits per heavy atom. The zero-order valence-electron chi connectivity index (χ0n) is 17.4. The van der Waals surface area contributed by atoms with Gasteiger partial charge in [0, 0.05) is 21.8 Å². The molecule has 2 aromatic carbocycles. The zero-order chi connectivity index (χ0) is 23.0. The minimum absolute atomic E-state index is 0.0805. The molecule has 1 heterocycles. The SMILES string of the molecule is CC(C(=O)O)c1ccc2c(c1)CC(=O)c1ccccc1S2.[CH2-]C1CCCCC1[NH-].[Cl][Pt]. The number of aliphatic carboxylic acids is 1. The van der Waals surface area contributed by atoms with Gasteiger partial charge in [-0.1, -0.05) is 67.8 Å². The van der Waals surface area contributed by atoms with Gasteiger partial charge in [-0.05, 0) is 30.2 Å². The number of carbonyl (C=O) groups is 2. The van der Waals surface area contributed by atoms with Gasteiger partial charge in [-0.25, -0.2) is 0 Å². The summed E-state index contributed by atoms with van der Waals surface area (Å²) in [6.07, 6.45) is 5.12. The van der Waals surface area contributed by atoms with E-state index in [-0.39, 0.29) is 11.8 Å². The van der Waals surface area contributed by atoms with E-state index in [1.54, 1.807) is 37.5 Å².